The van der Waals surface area contributed by atoms with Gasteiger partial charge in [0.15, 0.2) is 0 Å². The average Bonchev–Trinajstić information content (AvgIpc) is 2.95. The van der Waals surface area contributed by atoms with Gasteiger partial charge < -0.3 is 15.6 Å². The second-order valence-electron chi connectivity index (χ2n) is 5.40. The summed E-state index contributed by atoms with van der Waals surface area (Å²) < 4.78 is 0. The highest BCUT2D eigenvalue weighted by atomic mass is 16.1. The van der Waals surface area contributed by atoms with Crippen molar-refractivity contribution < 1.29 is 0 Å². The first kappa shape index (κ1) is 12.9. The second kappa shape index (κ2) is 5.13. The SMILES string of the molecule is C=CC(N)C1CCN(c2ccc3ccc(=O)[nH]c3c2)C1. The second-order valence-corrected chi connectivity index (χ2v) is 5.40. The first-order chi connectivity index (χ1) is 9.67. The predicted molar refractivity (Wildman–Crippen MR) is 83.1 cm³/mol. The first-order valence-electron chi connectivity index (χ1n) is 6.93. The van der Waals surface area contributed by atoms with Crippen LogP contribution < -0.4 is 16.2 Å². The van der Waals surface area contributed by atoms with Gasteiger partial charge >= 0.3 is 0 Å². The lowest BCUT2D eigenvalue weighted by Gasteiger charge is -2.20. The van der Waals surface area contributed by atoms with Crippen molar-refractivity contribution in [2.24, 2.45) is 11.7 Å². The molecule has 0 radical (unpaired) electrons. The molecule has 1 aliphatic heterocycles. The summed E-state index contributed by atoms with van der Waals surface area (Å²) in [5, 5.41) is 1.05. The summed E-state index contributed by atoms with van der Waals surface area (Å²) in [5.41, 5.74) is 7.99. The highest BCUT2D eigenvalue weighted by Crippen LogP contribution is 2.27. The third-order valence-electron chi connectivity index (χ3n) is 4.12. The zero-order chi connectivity index (χ0) is 14.1. The summed E-state index contributed by atoms with van der Waals surface area (Å²) in [6.07, 6.45) is 2.91. The molecule has 0 amide bonds. The molecule has 2 atom stereocenters. The number of H-pyrrole nitrogens is 1. The third kappa shape index (κ3) is 2.34. The summed E-state index contributed by atoms with van der Waals surface area (Å²) in [5.74, 6) is 0.456. The molecular weight excluding hydrogens is 250 g/mol. The molecule has 1 fully saturated rings. The molecule has 4 nitrogen and oxygen atoms in total. The Kier molecular flexibility index (Phi) is 3.32. The average molecular weight is 269 g/mol. The Morgan fingerprint density at radius 1 is 1.40 bits per heavy atom. The number of pyridine rings is 1. The van der Waals surface area contributed by atoms with E-state index in [1.54, 1.807) is 6.07 Å². The van der Waals surface area contributed by atoms with Gasteiger partial charge in [-0.05, 0) is 35.9 Å². The molecule has 104 valence electrons. The molecule has 1 aliphatic rings. The highest BCUT2D eigenvalue weighted by Gasteiger charge is 2.26. The van der Waals surface area contributed by atoms with Crippen LogP contribution in [0.15, 0.2) is 47.8 Å². The minimum Gasteiger partial charge on any atom is -0.371 e. The number of hydrogen-bond donors (Lipinski definition) is 2. The van der Waals surface area contributed by atoms with E-state index in [-0.39, 0.29) is 11.6 Å². The summed E-state index contributed by atoms with van der Waals surface area (Å²) in [4.78, 5) is 16.6. The molecule has 0 saturated carbocycles. The van der Waals surface area contributed by atoms with Gasteiger partial charge in [-0.3, -0.25) is 4.79 Å². The Morgan fingerprint density at radius 3 is 3.00 bits per heavy atom. The molecule has 2 aromatic rings. The van der Waals surface area contributed by atoms with Crippen molar-refractivity contribution in [1.29, 1.82) is 0 Å². The summed E-state index contributed by atoms with van der Waals surface area (Å²) in [6.45, 7) is 5.71. The maximum Gasteiger partial charge on any atom is 0.248 e. The van der Waals surface area contributed by atoms with Gasteiger partial charge in [-0.15, -0.1) is 6.58 Å². The Morgan fingerprint density at radius 2 is 2.20 bits per heavy atom. The predicted octanol–water partition coefficient (Wildman–Crippen LogP) is 1.87. The number of rotatable bonds is 3. The van der Waals surface area contributed by atoms with Crippen LogP contribution >= 0.6 is 0 Å². The third-order valence-corrected chi connectivity index (χ3v) is 4.12. The van der Waals surface area contributed by atoms with Gasteiger partial charge in [-0.2, -0.15) is 0 Å². The molecule has 1 aromatic heterocycles. The van der Waals surface area contributed by atoms with Crippen LogP contribution in [0.3, 0.4) is 0 Å². The summed E-state index contributed by atoms with van der Waals surface area (Å²) in [7, 11) is 0. The number of nitrogens with two attached hydrogens (primary N) is 1. The van der Waals surface area contributed by atoms with Gasteiger partial charge in [0.1, 0.15) is 0 Å². The van der Waals surface area contributed by atoms with Crippen LogP contribution in [0.1, 0.15) is 6.42 Å². The molecule has 2 unspecified atom stereocenters. The fourth-order valence-corrected chi connectivity index (χ4v) is 2.86. The Balaban J connectivity index is 1.88. The van der Waals surface area contributed by atoms with Crippen molar-refractivity contribution in [2.75, 3.05) is 18.0 Å². The highest BCUT2D eigenvalue weighted by molar-refractivity contribution is 5.82. The number of hydrogen-bond acceptors (Lipinski definition) is 3. The van der Waals surface area contributed by atoms with Crippen LogP contribution in [0.25, 0.3) is 10.9 Å². The lowest BCUT2D eigenvalue weighted by Crippen LogP contribution is -2.30. The van der Waals surface area contributed by atoms with Crippen molar-refractivity contribution in [3.8, 4) is 0 Å². The van der Waals surface area contributed by atoms with Gasteiger partial charge in [0.25, 0.3) is 0 Å². The van der Waals surface area contributed by atoms with Gasteiger partial charge in [0, 0.05) is 30.9 Å². The monoisotopic (exact) mass is 269 g/mol. The van der Waals surface area contributed by atoms with Crippen LogP contribution in [0.4, 0.5) is 5.69 Å². The topological polar surface area (TPSA) is 62.1 Å². The van der Waals surface area contributed by atoms with Crippen molar-refractivity contribution in [1.82, 2.24) is 4.98 Å². The largest absolute Gasteiger partial charge is 0.371 e. The Bertz CT molecular complexity index is 691. The van der Waals surface area contributed by atoms with Crippen LogP contribution in [-0.4, -0.2) is 24.1 Å². The van der Waals surface area contributed by atoms with Gasteiger partial charge in [-0.25, -0.2) is 0 Å². The van der Waals surface area contributed by atoms with Crippen molar-refractivity contribution in [2.45, 2.75) is 12.5 Å². The molecule has 3 N–H and O–H groups in total. The maximum atomic E-state index is 11.4. The molecule has 1 saturated heterocycles. The smallest absolute Gasteiger partial charge is 0.248 e. The van der Waals surface area contributed by atoms with E-state index >= 15 is 0 Å². The first-order valence-corrected chi connectivity index (χ1v) is 6.93. The number of anilines is 1. The zero-order valence-electron chi connectivity index (χ0n) is 11.4. The van der Waals surface area contributed by atoms with E-state index in [1.165, 1.54) is 0 Å². The number of nitrogens with zero attached hydrogens (tertiary/aromatic N) is 1. The van der Waals surface area contributed by atoms with Crippen molar-refractivity contribution >= 4 is 16.6 Å². The van der Waals surface area contributed by atoms with Gasteiger partial charge in [0.05, 0.1) is 5.52 Å². The number of benzene rings is 1. The maximum absolute atomic E-state index is 11.4. The fourth-order valence-electron chi connectivity index (χ4n) is 2.86. The van der Waals surface area contributed by atoms with E-state index in [0.717, 1.165) is 36.1 Å². The lowest BCUT2D eigenvalue weighted by atomic mass is 10.0. The molecule has 0 spiro atoms. The van der Waals surface area contributed by atoms with Gasteiger partial charge in [0.2, 0.25) is 5.56 Å². The quantitative estimate of drug-likeness (QED) is 0.836. The molecule has 0 aliphatic carbocycles. The number of fused-ring (bicyclic) bond motifs is 1. The minimum atomic E-state index is -0.0670. The van der Waals surface area contributed by atoms with E-state index in [4.69, 9.17) is 5.73 Å². The van der Waals surface area contributed by atoms with Crippen LogP contribution in [-0.2, 0) is 0 Å². The summed E-state index contributed by atoms with van der Waals surface area (Å²) >= 11 is 0. The van der Waals surface area contributed by atoms with Crippen molar-refractivity contribution in [3.63, 3.8) is 0 Å². The molecule has 0 bridgehead atoms. The zero-order valence-corrected chi connectivity index (χ0v) is 11.4. The van der Waals surface area contributed by atoms with Gasteiger partial charge in [-0.1, -0.05) is 12.1 Å². The molecule has 1 aromatic carbocycles. The van der Waals surface area contributed by atoms with E-state index in [2.05, 4.69) is 22.5 Å². The van der Waals surface area contributed by atoms with E-state index in [9.17, 15) is 4.79 Å². The molecule has 20 heavy (non-hydrogen) atoms. The summed E-state index contributed by atoms with van der Waals surface area (Å²) in [6, 6.07) is 9.64. The van der Waals surface area contributed by atoms with Crippen molar-refractivity contribution in [3.05, 3.63) is 53.3 Å². The van der Waals surface area contributed by atoms with E-state index in [1.807, 2.05) is 24.3 Å². The number of nitrogens with one attached hydrogen (secondary N) is 1. The normalized spacial score (nSPS) is 20.2. The number of aromatic amines is 1. The molecule has 3 rings (SSSR count). The molecular formula is C16H19N3O. The van der Waals surface area contributed by atoms with Crippen LogP contribution in [0.2, 0.25) is 0 Å². The van der Waals surface area contributed by atoms with E-state index < -0.39 is 0 Å². The van der Waals surface area contributed by atoms with E-state index in [0.29, 0.717) is 5.92 Å². The standard InChI is InChI=1S/C16H19N3O/c1-2-14(17)12-7-8-19(10-12)13-5-3-11-4-6-16(20)18-15(11)9-13/h2-6,9,12,14H,1,7-8,10,17H2,(H,18,20). The lowest BCUT2D eigenvalue weighted by molar-refractivity contribution is 0.524. The molecule has 2 heterocycles. The Hall–Kier alpha value is -2.07. The Labute approximate surface area is 117 Å². The number of aromatic nitrogens is 1. The van der Waals surface area contributed by atoms with Crippen LogP contribution in [0.5, 0.6) is 0 Å². The molecule has 4 heteroatoms. The minimum absolute atomic E-state index is 0.0558. The fraction of sp³-hybridized carbons (Fsp3) is 0.312. The van der Waals surface area contributed by atoms with Crippen LogP contribution in [0, 0.1) is 5.92 Å².